The minimum atomic E-state index is -0.404. The van der Waals surface area contributed by atoms with Gasteiger partial charge in [-0.25, -0.2) is 9.37 Å². The number of aryl methyl sites for hydroxylation is 1. The molecule has 0 radical (unpaired) electrons. The number of oxazole rings is 1. The number of methoxy groups -OCH3 is 2. The molecule has 0 bridgehead atoms. The number of nitrogens with zero attached hydrogens (tertiary/aromatic N) is 2. The number of benzene rings is 2. The van der Waals surface area contributed by atoms with Crippen LogP contribution in [0.3, 0.4) is 0 Å². The van der Waals surface area contributed by atoms with Gasteiger partial charge in [0.15, 0.2) is 11.6 Å². The number of aromatic nitrogens is 1. The normalized spacial score (nSPS) is 17.1. The van der Waals surface area contributed by atoms with Crippen LogP contribution < -0.4 is 9.47 Å². The Morgan fingerprint density at radius 2 is 2.00 bits per heavy atom. The fourth-order valence-electron chi connectivity index (χ4n) is 4.09. The van der Waals surface area contributed by atoms with Gasteiger partial charge < -0.3 is 13.9 Å². The minimum Gasteiger partial charge on any atom is -0.497 e. The summed E-state index contributed by atoms with van der Waals surface area (Å²) in [6, 6.07) is 13.3. The Labute approximate surface area is 176 Å². The van der Waals surface area contributed by atoms with Gasteiger partial charge in [-0.1, -0.05) is 18.6 Å². The molecule has 1 aliphatic heterocycles. The molecule has 6 heteroatoms. The average molecular weight is 410 g/mol. The molecule has 0 N–H and O–H groups in total. The van der Waals surface area contributed by atoms with Crippen LogP contribution in [-0.4, -0.2) is 30.6 Å². The molecule has 0 unspecified atom stereocenters. The smallest absolute Gasteiger partial charge is 0.226 e. The summed E-state index contributed by atoms with van der Waals surface area (Å²) in [5.41, 5.74) is 2.87. The van der Waals surface area contributed by atoms with Crippen LogP contribution in [0.25, 0.3) is 11.5 Å². The first-order valence-electron chi connectivity index (χ1n) is 10.3. The summed E-state index contributed by atoms with van der Waals surface area (Å²) in [6.45, 7) is 3.64. The second kappa shape index (κ2) is 8.88. The third-order valence-corrected chi connectivity index (χ3v) is 5.74. The maximum absolute atomic E-state index is 13.7. The van der Waals surface area contributed by atoms with Crippen LogP contribution in [-0.2, 0) is 6.54 Å². The van der Waals surface area contributed by atoms with E-state index in [9.17, 15) is 4.39 Å². The Balaban J connectivity index is 1.58. The largest absolute Gasteiger partial charge is 0.497 e. The first kappa shape index (κ1) is 20.4. The van der Waals surface area contributed by atoms with Gasteiger partial charge in [-0.05, 0) is 62.2 Å². The fraction of sp³-hybridized carbons (Fsp3) is 0.375. The van der Waals surface area contributed by atoms with Gasteiger partial charge in [0.2, 0.25) is 5.89 Å². The van der Waals surface area contributed by atoms with Crippen molar-refractivity contribution in [2.24, 2.45) is 0 Å². The number of piperidine rings is 1. The van der Waals surface area contributed by atoms with E-state index in [1.165, 1.54) is 31.6 Å². The SMILES string of the molecule is COc1cccc([C@H]2CCCCN2Cc2nc(-c3ccc(F)c(OC)c3)oc2C)c1. The number of halogens is 1. The zero-order valence-electron chi connectivity index (χ0n) is 17.7. The zero-order valence-corrected chi connectivity index (χ0v) is 17.7. The second-order valence-electron chi connectivity index (χ2n) is 7.63. The predicted molar refractivity (Wildman–Crippen MR) is 113 cm³/mol. The van der Waals surface area contributed by atoms with Crippen LogP contribution in [0.15, 0.2) is 46.9 Å². The van der Waals surface area contributed by atoms with Crippen molar-refractivity contribution in [2.75, 3.05) is 20.8 Å². The van der Waals surface area contributed by atoms with Gasteiger partial charge in [0.05, 0.1) is 19.9 Å². The molecule has 1 fully saturated rings. The highest BCUT2D eigenvalue weighted by Gasteiger charge is 2.26. The zero-order chi connectivity index (χ0) is 21.1. The van der Waals surface area contributed by atoms with E-state index in [0.717, 1.165) is 30.2 Å². The number of likely N-dealkylation sites (tertiary alicyclic amines) is 1. The van der Waals surface area contributed by atoms with E-state index >= 15 is 0 Å². The quantitative estimate of drug-likeness (QED) is 0.534. The van der Waals surface area contributed by atoms with E-state index in [-0.39, 0.29) is 5.75 Å². The van der Waals surface area contributed by atoms with E-state index in [1.54, 1.807) is 19.2 Å². The number of hydrogen-bond donors (Lipinski definition) is 0. The van der Waals surface area contributed by atoms with Crippen LogP contribution in [0, 0.1) is 12.7 Å². The molecule has 0 amide bonds. The average Bonchev–Trinajstić information content (AvgIpc) is 3.14. The third kappa shape index (κ3) is 4.19. The topological polar surface area (TPSA) is 47.7 Å². The van der Waals surface area contributed by atoms with Crippen LogP contribution in [0.5, 0.6) is 11.5 Å². The molecule has 2 aromatic carbocycles. The van der Waals surface area contributed by atoms with E-state index in [4.69, 9.17) is 18.9 Å². The number of rotatable bonds is 6. The van der Waals surface area contributed by atoms with E-state index in [0.29, 0.717) is 24.0 Å². The van der Waals surface area contributed by atoms with Gasteiger partial charge >= 0.3 is 0 Å². The molecule has 0 spiro atoms. The Kier molecular flexibility index (Phi) is 6.04. The molecule has 30 heavy (non-hydrogen) atoms. The molecule has 1 aliphatic rings. The van der Waals surface area contributed by atoms with Crippen molar-refractivity contribution in [1.29, 1.82) is 0 Å². The van der Waals surface area contributed by atoms with Crippen LogP contribution >= 0.6 is 0 Å². The maximum atomic E-state index is 13.7. The summed E-state index contributed by atoms with van der Waals surface area (Å²) in [6.07, 6.45) is 3.47. The summed E-state index contributed by atoms with van der Waals surface area (Å²) in [4.78, 5) is 7.19. The lowest BCUT2D eigenvalue weighted by Crippen LogP contribution is -2.33. The van der Waals surface area contributed by atoms with Crippen LogP contribution in [0.1, 0.15) is 42.3 Å². The van der Waals surface area contributed by atoms with Crippen molar-refractivity contribution in [2.45, 2.75) is 38.8 Å². The Morgan fingerprint density at radius 3 is 2.80 bits per heavy atom. The predicted octanol–water partition coefficient (Wildman–Crippen LogP) is 5.53. The van der Waals surface area contributed by atoms with Gasteiger partial charge in [0.25, 0.3) is 0 Å². The molecule has 5 nitrogen and oxygen atoms in total. The highest BCUT2D eigenvalue weighted by Crippen LogP contribution is 2.35. The molecule has 0 saturated carbocycles. The Morgan fingerprint density at radius 1 is 1.13 bits per heavy atom. The van der Waals surface area contributed by atoms with Crippen molar-refractivity contribution in [3.63, 3.8) is 0 Å². The van der Waals surface area contributed by atoms with Crippen LogP contribution in [0.4, 0.5) is 4.39 Å². The van der Waals surface area contributed by atoms with E-state index in [1.807, 2.05) is 19.1 Å². The molecule has 1 saturated heterocycles. The summed E-state index contributed by atoms with van der Waals surface area (Å²) < 4.78 is 30.2. The molecule has 0 aliphatic carbocycles. The Hall–Kier alpha value is -2.86. The fourth-order valence-corrected chi connectivity index (χ4v) is 4.09. The molecule has 3 aromatic rings. The first-order chi connectivity index (χ1) is 14.6. The molecule has 2 heterocycles. The first-order valence-corrected chi connectivity index (χ1v) is 10.3. The number of ether oxygens (including phenoxy) is 2. The standard InChI is InChI=1S/C24H27FN2O3/c1-16-21(26-24(30-16)18-10-11-20(25)23(14-18)29-3)15-27-12-5-4-9-22(27)17-7-6-8-19(13-17)28-2/h6-8,10-11,13-14,22H,4-5,9,12,15H2,1-3H3/t22-/m1/s1. The minimum absolute atomic E-state index is 0.180. The lowest BCUT2D eigenvalue weighted by atomic mass is 9.95. The highest BCUT2D eigenvalue weighted by atomic mass is 19.1. The van der Waals surface area contributed by atoms with Crippen molar-refractivity contribution < 1.29 is 18.3 Å². The van der Waals surface area contributed by atoms with E-state index in [2.05, 4.69) is 17.0 Å². The van der Waals surface area contributed by atoms with Crippen molar-refractivity contribution in [3.05, 3.63) is 65.3 Å². The lowest BCUT2D eigenvalue weighted by molar-refractivity contribution is 0.138. The highest BCUT2D eigenvalue weighted by molar-refractivity contribution is 5.56. The van der Waals surface area contributed by atoms with Gasteiger partial charge in [-0.15, -0.1) is 0 Å². The molecule has 4 rings (SSSR count). The number of hydrogen-bond acceptors (Lipinski definition) is 5. The van der Waals surface area contributed by atoms with Crippen molar-refractivity contribution >= 4 is 0 Å². The maximum Gasteiger partial charge on any atom is 0.226 e. The lowest BCUT2D eigenvalue weighted by Gasteiger charge is -2.35. The van der Waals surface area contributed by atoms with Crippen molar-refractivity contribution in [1.82, 2.24) is 9.88 Å². The van der Waals surface area contributed by atoms with Crippen LogP contribution in [0.2, 0.25) is 0 Å². The summed E-state index contributed by atoms with van der Waals surface area (Å²) in [7, 11) is 3.14. The molecular formula is C24H27FN2O3. The van der Waals surface area contributed by atoms with Gasteiger partial charge in [-0.3, -0.25) is 4.90 Å². The van der Waals surface area contributed by atoms with Gasteiger partial charge in [-0.2, -0.15) is 0 Å². The molecule has 158 valence electrons. The molecule has 1 atom stereocenters. The summed E-state index contributed by atoms with van der Waals surface area (Å²) in [5.74, 6) is 1.92. The van der Waals surface area contributed by atoms with Crippen molar-refractivity contribution in [3.8, 4) is 23.0 Å². The monoisotopic (exact) mass is 410 g/mol. The van der Waals surface area contributed by atoms with Gasteiger partial charge in [0, 0.05) is 18.2 Å². The third-order valence-electron chi connectivity index (χ3n) is 5.74. The second-order valence-corrected chi connectivity index (χ2v) is 7.63. The van der Waals surface area contributed by atoms with E-state index < -0.39 is 5.82 Å². The molecular weight excluding hydrogens is 383 g/mol. The summed E-state index contributed by atoms with van der Waals surface area (Å²) >= 11 is 0. The Bertz CT molecular complexity index is 1020. The van der Waals surface area contributed by atoms with Gasteiger partial charge in [0.1, 0.15) is 11.5 Å². The summed E-state index contributed by atoms with van der Waals surface area (Å²) in [5, 5.41) is 0. The molecule has 1 aromatic heterocycles.